The Hall–Kier alpha value is -3.55. The first-order valence-electron chi connectivity index (χ1n) is 8.71. The molecular formula is C21H19F3N4O. The van der Waals surface area contributed by atoms with E-state index in [0.29, 0.717) is 16.9 Å². The molecule has 0 fully saturated rings. The van der Waals surface area contributed by atoms with E-state index >= 15 is 0 Å². The van der Waals surface area contributed by atoms with E-state index in [1.807, 2.05) is 25.1 Å². The molecule has 0 saturated heterocycles. The zero-order valence-corrected chi connectivity index (χ0v) is 15.8. The third-order valence-corrected chi connectivity index (χ3v) is 4.22. The van der Waals surface area contributed by atoms with Gasteiger partial charge in [-0.3, -0.25) is 4.79 Å². The quantitative estimate of drug-likeness (QED) is 0.512. The topological polar surface area (TPSA) is 49.6 Å². The summed E-state index contributed by atoms with van der Waals surface area (Å²) in [5.74, 6) is -0.387. The van der Waals surface area contributed by atoms with Gasteiger partial charge < -0.3 is 9.47 Å². The van der Waals surface area contributed by atoms with E-state index in [9.17, 15) is 18.0 Å². The molecule has 0 atom stereocenters. The van der Waals surface area contributed by atoms with Gasteiger partial charge in [0.15, 0.2) is 0 Å². The van der Waals surface area contributed by atoms with Crippen LogP contribution in [0.25, 0.3) is 5.69 Å². The Labute approximate surface area is 166 Å². The maximum atomic E-state index is 13.0. The Morgan fingerprint density at radius 2 is 1.83 bits per heavy atom. The van der Waals surface area contributed by atoms with Crippen molar-refractivity contribution in [3.8, 4) is 5.69 Å². The Morgan fingerprint density at radius 3 is 2.55 bits per heavy atom. The van der Waals surface area contributed by atoms with Crippen molar-refractivity contribution in [2.45, 2.75) is 6.18 Å². The van der Waals surface area contributed by atoms with Crippen molar-refractivity contribution < 1.29 is 18.0 Å². The zero-order valence-electron chi connectivity index (χ0n) is 15.8. The number of nitrogens with zero attached hydrogens (tertiary/aromatic N) is 3. The molecule has 1 amide bonds. The van der Waals surface area contributed by atoms with Gasteiger partial charge in [-0.1, -0.05) is 12.1 Å². The largest absolute Gasteiger partial charge is 0.416 e. The smallest absolute Gasteiger partial charge is 0.378 e. The van der Waals surface area contributed by atoms with Crippen LogP contribution < -0.4 is 10.3 Å². The maximum absolute atomic E-state index is 13.0. The molecule has 1 N–H and O–H groups in total. The molecule has 1 aromatic heterocycles. The summed E-state index contributed by atoms with van der Waals surface area (Å²) in [7, 11) is 3.74. The van der Waals surface area contributed by atoms with Crippen LogP contribution in [0, 0.1) is 0 Å². The van der Waals surface area contributed by atoms with Crippen molar-refractivity contribution in [3.05, 3.63) is 83.7 Å². The fraction of sp³-hybridized carbons (Fsp3) is 0.143. The van der Waals surface area contributed by atoms with Gasteiger partial charge in [0.05, 0.1) is 17.5 Å². The first-order chi connectivity index (χ1) is 13.8. The van der Waals surface area contributed by atoms with Crippen LogP contribution in [0.4, 0.5) is 18.9 Å². The summed E-state index contributed by atoms with van der Waals surface area (Å²) in [5.41, 5.74) is 3.89. The molecule has 0 aliphatic carbocycles. The molecule has 0 aliphatic rings. The van der Waals surface area contributed by atoms with Gasteiger partial charge in [0.2, 0.25) is 0 Å². The van der Waals surface area contributed by atoms with Crippen LogP contribution in [0.2, 0.25) is 0 Å². The van der Waals surface area contributed by atoms with E-state index in [0.717, 1.165) is 17.8 Å². The number of alkyl halides is 3. The highest BCUT2D eigenvalue weighted by Crippen LogP contribution is 2.30. The molecule has 0 radical (unpaired) electrons. The number of carbonyl (C=O) groups is 1. The van der Waals surface area contributed by atoms with E-state index in [-0.39, 0.29) is 5.91 Å². The average molecular weight is 400 g/mol. The van der Waals surface area contributed by atoms with Crippen molar-refractivity contribution in [1.29, 1.82) is 0 Å². The van der Waals surface area contributed by atoms with Crippen LogP contribution in [0.5, 0.6) is 0 Å². The van der Waals surface area contributed by atoms with Gasteiger partial charge >= 0.3 is 6.18 Å². The van der Waals surface area contributed by atoms with E-state index in [1.165, 1.54) is 12.3 Å². The number of amides is 1. The Kier molecular flexibility index (Phi) is 5.72. The molecule has 150 valence electrons. The second kappa shape index (κ2) is 8.22. The van der Waals surface area contributed by atoms with E-state index < -0.39 is 11.7 Å². The normalized spacial score (nSPS) is 11.6. The van der Waals surface area contributed by atoms with Crippen molar-refractivity contribution in [2.24, 2.45) is 5.10 Å². The number of benzene rings is 2. The Morgan fingerprint density at radius 1 is 1.07 bits per heavy atom. The number of halogens is 3. The van der Waals surface area contributed by atoms with Crippen LogP contribution in [0.15, 0.2) is 72.0 Å². The Balaban J connectivity index is 1.76. The maximum Gasteiger partial charge on any atom is 0.416 e. The minimum Gasteiger partial charge on any atom is -0.378 e. The van der Waals surface area contributed by atoms with Crippen molar-refractivity contribution in [1.82, 2.24) is 9.99 Å². The first kappa shape index (κ1) is 20.2. The number of hydrazone groups is 1. The fourth-order valence-corrected chi connectivity index (χ4v) is 2.71. The molecule has 2 aromatic carbocycles. The monoisotopic (exact) mass is 400 g/mol. The minimum atomic E-state index is -4.42. The lowest BCUT2D eigenvalue weighted by molar-refractivity contribution is -0.137. The molecule has 0 unspecified atom stereocenters. The van der Waals surface area contributed by atoms with Gasteiger partial charge in [-0.05, 0) is 48.5 Å². The number of nitrogens with one attached hydrogen (secondary N) is 1. The lowest BCUT2D eigenvalue weighted by Crippen LogP contribution is -2.18. The lowest BCUT2D eigenvalue weighted by Gasteiger charge is -2.13. The van der Waals surface area contributed by atoms with E-state index in [1.54, 1.807) is 47.2 Å². The lowest BCUT2D eigenvalue weighted by atomic mass is 10.2. The number of hydrogen-bond donors (Lipinski definition) is 1. The summed E-state index contributed by atoms with van der Waals surface area (Å²) in [4.78, 5) is 14.2. The third-order valence-electron chi connectivity index (χ3n) is 4.22. The second-order valence-corrected chi connectivity index (χ2v) is 6.50. The fourth-order valence-electron chi connectivity index (χ4n) is 2.71. The van der Waals surface area contributed by atoms with E-state index in [4.69, 9.17) is 0 Å². The van der Waals surface area contributed by atoms with Crippen LogP contribution in [-0.4, -0.2) is 30.8 Å². The summed E-state index contributed by atoms with van der Waals surface area (Å²) >= 11 is 0. The van der Waals surface area contributed by atoms with Crippen LogP contribution >= 0.6 is 0 Å². The van der Waals surface area contributed by atoms with Gasteiger partial charge in [-0.25, -0.2) is 5.43 Å². The van der Waals surface area contributed by atoms with Gasteiger partial charge in [-0.15, -0.1) is 0 Å². The predicted octanol–water partition coefficient (Wildman–Crippen LogP) is 4.33. The summed E-state index contributed by atoms with van der Waals surface area (Å²) in [6, 6.07) is 15.4. The standard InChI is InChI=1S/C21H19F3N4O/c1-27(2)17-8-3-6-15(12-17)20(29)26-25-14-19-10-5-11-28(19)18-9-4-7-16(13-18)21(22,23)24/h3-14H,1-2H3,(H,26,29)/b25-14-. The zero-order chi connectivity index (χ0) is 21.0. The molecule has 3 aromatic rings. The molecule has 0 bridgehead atoms. The second-order valence-electron chi connectivity index (χ2n) is 6.50. The molecule has 3 rings (SSSR count). The van der Waals surface area contributed by atoms with Gasteiger partial charge in [-0.2, -0.15) is 18.3 Å². The SMILES string of the molecule is CN(C)c1cccc(C(=O)N/N=C\c2cccn2-c2cccc(C(F)(F)F)c2)c1. The highest BCUT2D eigenvalue weighted by atomic mass is 19.4. The summed E-state index contributed by atoms with van der Waals surface area (Å²) in [5, 5.41) is 3.94. The highest BCUT2D eigenvalue weighted by Gasteiger charge is 2.30. The molecule has 8 heteroatoms. The van der Waals surface area contributed by atoms with Gasteiger partial charge in [0.25, 0.3) is 5.91 Å². The van der Waals surface area contributed by atoms with Crippen molar-refractivity contribution in [2.75, 3.05) is 19.0 Å². The Bertz CT molecular complexity index is 1040. The molecule has 0 aliphatic heterocycles. The molecule has 0 saturated carbocycles. The summed E-state index contributed by atoms with van der Waals surface area (Å²) < 4.78 is 40.4. The van der Waals surface area contributed by atoms with Crippen LogP contribution in [0.1, 0.15) is 21.6 Å². The highest BCUT2D eigenvalue weighted by molar-refractivity contribution is 5.95. The van der Waals surface area contributed by atoms with Crippen molar-refractivity contribution in [3.63, 3.8) is 0 Å². The first-order valence-corrected chi connectivity index (χ1v) is 8.71. The molecule has 5 nitrogen and oxygen atoms in total. The molecule has 0 spiro atoms. The minimum absolute atomic E-state index is 0.344. The molecular weight excluding hydrogens is 381 g/mol. The average Bonchev–Trinajstić information content (AvgIpc) is 3.16. The predicted molar refractivity (Wildman–Crippen MR) is 107 cm³/mol. The number of anilines is 1. The summed E-state index contributed by atoms with van der Waals surface area (Å²) in [6.07, 6.45) is -1.42. The van der Waals surface area contributed by atoms with Crippen LogP contribution in [0.3, 0.4) is 0 Å². The van der Waals surface area contributed by atoms with Gasteiger partial charge in [0, 0.05) is 37.2 Å². The van der Waals surface area contributed by atoms with Crippen molar-refractivity contribution >= 4 is 17.8 Å². The molecule has 29 heavy (non-hydrogen) atoms. The third kappa shape index (κ3) is 4.84. The number of carbonyl (C=O) groups excluding carboxylic acids is 1. The van der Waals surface area contributed by atoms with E-state index in [2.05, 4.69) is 10.5 Å². The number of hydrogen-bond acceptors (Lipinski definition) is 3. The van der Waals surface area contributed by atoms with Crippen LogP contribution in [-0.2, 0) is 6.18 Å². The summed E-state index contributed by atoms with van der Waals surface area (Å²) in [6.45, 7) is 0. The number of aromatic nitrogens is 1. The molecule has 1 heterocycles. The van der Waals surface area contributed by atoms with Gasteiger partial charge in [0.1, 0.15) is 0 Å². The number of rotatable bonds is 5.